The highest BCUT2D eigenvalue weighted by molar-refractivity contribution is 9.10. The van der Waals surface area contributed by atoms with Crippen molar-refractivity contribution in [2.75, 3.05) is 5.32 Å². The van der Waals surface area contributed by atoms with Crippen molar-refractivity contribution in [3.05, 3.63) is 50.6 Å². The lowest BCUT2D eigenvalue weighted by Gasteiger charge is -2.09. The molecule has 0 saturated heterocycles. The van der Waals surface area contributed by atoms with Crippen LogP contribution < -0.4 is 11.1 Å². The summed E-state index contributed by atoms with van der Waals surface area (Å²) in [5.74, 6) is -0.304. The van der Waals surface area contributed by atoms with Gasteiger partial charge in [0, 0.05) is 10.0 Å². The summed E-state index contributed by atoms with van der Waals surface area (Å²) in [5, 5.41) is 16.2. The van der Waals surface area contributed by atoms with E-state index < -0.39 is 0 Å². The lowest BCUT2D eigenvalue weighted by molar-refractivity contribution is 0.103. The van der Waals surface area contributed by atoms with Crippen molar-refractivity contribution in [3.8, 4) is 0 Å². The summed E-state index contributed by atoms with van der Waals surface area (Å²) in [6.07, 6.45) is 0. The van der Waals surface area contributed by atoms with Gasteiger partial charge in [-0.25, -0.2) is 0 Å². The molecule has 4 N–H and O–H groups in total. The number of rotatable bonds is 3. The van der Waals surface area contributed by atoms with E-state index in [1.165, 1.54) is 11.3 Å². The number of nitrogens with one attached hydrogen (secondary N) is 1. The molecule has 0 fully saturated rings. The quantitative estimate of drug-likeness (QED) is 0.347. The summed E-state index contributed by atoms with van der Waals surface area (Å²) >= 11 is 4.63. The highest BCUT2D eigenvalue weighted by atomic mass is 79.9. The Labute approximate surface area is 121 Å². The second-order valence-corrected chi connectivity index (χ2v) is 5.35. The number of benzene rings is 1. The summed E-state index contributed by atoms with van der Waals surface area (Å²) in [5.41, 5.74) is 6.51. The van der Waals surface area contributed by atoms with Gasteiger partial charge in [0.15, 0.2) is 5.84 Å². The van der Waals surface area contributed by atoms with Crippen LogP contribution in [0.3, 0.4) is 0 Å². The van der Waals surface area contributed by atoms with Crippen molar-refractivity contribution >= 4 is 44.7 Å². The molecule has 0 atom stereocenters. The second kappa shape index (κ2) is 5.85. The Morgan fingerprint density at radius 1 is 1.37 bits per heavy atom. The topological polar surface area (TPSA) is 87.7 Å². The molecule has 1 heterocycles. The molecular weight excluding hydrogens is 330 g/mol. The molecule has 0 saturated carbocycles. The number of halogens is 1. The zero-order valence-electron chi connectivity index (χ0n) is 9.63. The molecular formula is C12H10BrN3O2S. The minimum Gasteiger partial charge on any atom is -0.409 e. The van der Waals surface area contributed by atoms with Gasteiger partial charge in [-0.2, -0.15) is 0 Å². The fraction of sp³-hybridized carbons (Fsp3) is 0. The maximum absolute atomic E-state index is 12.1. The van der Waals surface area contributed by atoms with Gasteiger partial charge >= 0.3 is 0 Å². The van der Waals surface area contributed by atoms with Gasteiger partial charge in [0.25, 0.3) is 5.91 Å². The predicted octanol–water partition coefficient (Wildman–Crippen LogP) is 2.86. The molecule has 1 aromatic heterocycles. The van der Waals surface area contributed by atoms with E-state index in [4.69, 9.17) is 10.9 Å². The van der Waals surface area contributed by atoms with E-state index in [0.717, 1.165) is 4.47 Å². The zero-order chi connectivity index (χ0) is 13.8. The van der Waals surface area contributed by atoms with Crippen LogP contribution in [-0.2, 0) is 0 Å². The van der Waals surface area contributed by atoms with Crippen molar-refractivity contribution in [1.29, 1.82) is 0 Å². The van der Waals surface area contributed by atoms with Crippen molar-refractivity contribution in [2.45, 2.75) is 0 Å². The van der Waals surface area contributed by atoms with Gasteiger partial charge in [-0.15, -0.1) is 11.3 Å². The van der Waals surface area contributed by atoms with Gasteiger partial charge in [0.2, 0.25) is 0 Å². The molecule has 0 unspecified atom stereocenters. The summed E-state index contributed by atoms with van der Waals surface area (Å²) in [4.78, 5) is 12.6. The standard InChI is InChI=1S/C12H10BrN3O2S/c13-8-5-6-19-10(8)12(17)15-9-4-2-1-3-7(9)11(14)16-18/h1-6,18H,(H2,14,16)(H,15,17). The summed E-state index contributed by atoms with van der Waals surface area (Å²) in [7, 11) is 0. The van der Waals surface area contributed by atoms with Gasteiger partial charge in [0.1, 0.15) is 4.88 Å². The molecule has 2 rings (SSSR count). The van der Waals surface area contributed by atoms with Crippen LogP contribution in [0.2, 0.25) is 0 Å². The van der Waals surface area contributed by atoms with Crippen LogP contribution in [-0.4, -0.2) is 17.0 Å². The van der Waals surface area contributed by atoms with E-state index in [1.807, 2.05) is 5.38 Å². The number of carbonyl (C=O) groups excluding carboxylic acids is 1. The van der Waals surface area contributed by atoms with Crippen molar-refractivity contribution < 1.29 is 10.0 Å². The van der Waals surface area contributed by atoms with Gasteiger partial charge < -0.3 is 16.3 Å². The van der Waals surface area contributed by atoms with Gasteiger partial charge in [0.05, 0.1) is 5.69 Å². The Morgan fingerprint density at radius 2 is 2.11 bits per heavy atom. The van der Waals surface area contributed by atoms with E-state index in [2.05, 4.69) is 26.4 Å². The number of thiophene rings is 1. The Balaban J connectivity index is 2.30. The first-order chi connectivity index (χ1) is 9.13. The van der Waals surface area contributed by atoms with E-state index >= 15 is 0 Å². The number of hydrogen-bond acceptors (Lipinski definition) is 4. The Hall–Kier alpha value is -1.86. The third-order valence-corrected chi connectivity index (χ3v) is 4.22. The highest BCUT2D eigenvalue weighted by Gasteiger charge is 2.14. The van der Waals surface area contributed by atoms with E-state index in [9.17, 15) is 4.79 Å². The number of anilines is 1. The fourth-order valence-corrected chi connectivity index (χ4v) is 2.95. The average molecular weight is 340 g/mol. The Morgan fingerprint density at radius 3 is 2.74 bits per heavy atom. The fourth-order valence-electron chi connectivity index (χ4n) is 1.50. The molecule has 7 heteroatoms. The molecule has 5 nitrogen and oxygen atoms in total. The highest BCUT2D eigenvalue weighted by Crippen LogP contribution is 2.24. The minimum atomic E-state index is -0.250. The van der Waals surface area contributed by atoms with Crippen LogP contribution in [0.4, 0.5) is 5.69 Å². The van der Waals surface area contributed by atoms with Crippen molar-refractivity contribution in [1.82, 2.24) is 0 Å². The van der Waals surface area contributed by atoms with E-state index in [0.29, 0.717) is 16.1 Å². The average Bonchev–Trinajstić information content (AvgIpc) is 2.85. The molecule has 0 bridgehead atoms. The molecule has 19 heavy (non-hydrogen) atoms. The first kappa shape index (κ1) is 13.6. The first-order valence-electron chi connectivity index (χ1n) is 5.24. The number of amides is 1. The number of carbonyl (C=O) groups is 1. The van der Waals surface area contributed by atoms with Crippen LogP contribution in [0.25, 0.3) is 0 Å². The van der Waals surface area contributed by atoms with Crippen molar-refractivity contribution in [3.63, 3.8) is 0 Å². The number of hydrogen-bond donors (Lipinski definition) is 3. The van der Waals surface area contributed by atoms with Crippen LogP contribution in [0.15, 0.2) is 45.3 Å². The largest absolute Gasteiger partial charge is 0.409 e. The van der Waals surface area contributed by atoms with Crippen LogP contribution >= 0.6 is 27.3 Å². The summed E-state index contributed by atoms with van der Waals surface area (Å²) in [6.45, 7) is 0. The van der Waals surface area contributed by atoms with Gasteiger partial charge in [-0.3, -0.25) is 4.79 Å². The van der Waals surface area contributed by atoms with Gasteiger partial charge in [-0.1, -0.05) is 17.3 Å². The molecule has 98 valence electrons. The van der Waals surface area contributed by atoms with Crippen LogP contribution in [0, 0.1) is 0 Å². The molecule has 0 aliphatic rings. The minimum absolute atomic E-state index is 0.0545. The van der Waals surface area contributed by atoms with Crippen LogP contribution in [0.1, 0.15) is 15.2 Å². The molecule has 0 radical (unpaired) electrons. The SMILES string of the molecule is NC(=NO)c1ccccc1NC(=O)c1sccc1Br. The smallest absolute Gasteiger partial charge is 0.266 e. The molecule has 0 aliphatic carbocycles. The van der Waals surface area contributed by atoms with Crippen molar-refractivity contribution in [2.24, 2.45) is 10.9 Å². The normalized spacial score (nSPS) is 11.3. The predicted molar refractivity (Wildman–Crippen MR) is 78.9 cm³/mol. The molecule has 2 aromatic rings. The van der Waals surface area contributed by atoms with E-state index in [1.54, 1.807) is 30.3 Å². The number of oxime groups is 1. The molecule has 1 aromatic carbocycles. The number of nitrogens with two attached hydrogens (primary N) is 1. The maximum Gasteiger partial charge on any atom is 0.266 e. The lowest BCUT2D eigenvalue weighted by atomic mass is 10.1. The summed E-state index contributed by atoms with van der Waals surface area (Å²) in [6, 6.07) is 8.65. The second-order valence-electron chi connectivity index (χ2n) is 3.58. The number of nitrogens with zero attached hydrogens (tertiary/aromatic N) is 1. The zero-order valence-corrected chi connectivity index (χ0v) is 12.0. The monoisotopic (exact) mass is 339 g/mol. The Bertz CT molecular complexity index is 639. The first-order valence-corrected chi connectivity index (χ1v) is 6.92. The Kier molecular flexibility index (Phi) is 4.18. The van der Waals surface area contributed by atoms with E-state index in [-0.39, 0.29) is 11.7 Å². The third kappa shape index (κ3) is 2.94. The molecule has 0 aliphatic heterocycles. The third-order valence-electron chi connectivity index (χ3n) is 2.38. The number of amidine groups is 1. The maximum atomic E-state index is 12.1. The lowest BCUT2D eigenvalue weighted by Crippen LogP contribution is -2.18. The molecule has 1 amide bonds. The molecule has 0 spiro atoms. The van der Waals surface area contributed by atoms with Crippen LogP contribution in [0.5, 0.6) is 0 Å². The number of para-hydroxylation sites is 1. The summed E-state index contributed by atoms with van der Waals surface area (Å²) < 4.78 is 0.733. The van der Waals surface area contributed by atoms with Gasteiger partial charge in [-0.05, 0) is 39.5 Å².